The second-order valence-corrected chi connectivity index (χ2v) is 2.63. The SMILES string of the molecule is CCOc1cc(C)cc(Cl)n1. The number of aromatic nitrogens is 1. The van der Waals surface area contributed by atoms with Crippen molar-refractivity contribution in [3.63, 3.8) is 0 Å². The summed E-state index contributed by atoms with van der Waals surface area (Å²) >= 11 is 5.69. The molecule has 0 aromatic carbocycles. The van der Waals surface area contributed by atoms with Crippen molar-refractivity contribution in [2.75, 3.05) is 6.61 Å². The molecule has 0 aliphatic heterocycles. The Bertz CT molecular complexity index is 230. The number of hydrogen-bond donors (Lipinski definition) is 0. The molecule has 1 aromatic heterocycles. The van der Waals surface area contributed by atoms with Gasteiger partial charge >= 0.3 is 0 Å². The van der Waals surface area contributed by atoms with E-state index in [4.69, 9.17) is 16.3 Å². The summed E-state index contributed by atoms with van der Waals surface area (Å²) in [6, 6.07) is 3.65. The van der Waals surface area contributed by atoms with Crippen LogP contribution in [0.4, 0.5) is 0 Å². The number of rotatable bonds is 2. The molecule has 0 radical (unpaired) electrons. The van der Waals surface area contributed by atoms with Crippen LogP contribution in [-0.2, 0) is 0 Å². The topological polar surface area (TPSA) is 22.1 Å². The van der Waals surface area contributed by atoms with Gasteiger partial charge in [0.1, 0.15) is 5.15 Å². The summed E-state index contributed by atoms with van der Waals surface area (Å²) in [4.78, 5) is 3.97. The van der Waals surface area contributed by atoms with Crippen LogP contribution in [0.1, 0.15) is 12.5 Å². The maximum Gasteiger partial charge on any atom is 0.214 e. The number of aryl methyl sites for hydroxylation is 1. The molecule has 1 heterocycles. The minimum Gasteiger partial charge on any atom is -0.478 e. The summed E-state index contributed by atoms with van der Waals surface area (Å²) in [5.74, 6) is 0.595. The molecule has 0 aliphatic carbocycles. The maximum atomic E-state index is 5.69. The van der Waals surface area contributed by atoms with Gasteiger partial charge in [0.05, 0.1) is 6.61 Å². The van der Waals surface area contributed by atoms with E-state index in [0.717, 1.165) is 5.56 Å². The summed E-state index contributed by atoms with van der Waals surface area (Å²) in [5.41, 5.74) is 1.06. The smallest absolute Gasteiger partial charge is 0.214 e. The summed E-state index contributed by atoms with van der Waals surface area (Å²) in [6.45, 7) is 4.49. The van der Waals surface area contributed by atoms with E-state index in [0.29, 0.717) is 17.6 Å². The van der Waals surface area contributed by atoms with Crippen LogP contribution in [0.15, 0.2) is 12.1 Å². The van der Waals surface area contributed by atoms with Gasteiger partial charge in [-0.2, -0.15) is 0 Å². The van der Waals surface area contributed by atoms with Gasteiger partial charge in [0.2, 0.25) is 5.88 Å². The Balaban J connectivity index is 2.89. The number of hydrogen-bond acceptors (Lipinski definition) is 2. The number of ether oxygens (including phenoxy) is 1. The van der Waals surface area contributed by atoms with Gasteiger partial charge in [-0.05, 0) is 25.5 Å². The Morgan fingerprint density at radius 1 is 1.55 bits per heavy atom. The molecule has 0 N–H and O–H groups in total. The number of pyridine rings is 1. The van der Waals surface area contributed by atoms with E-state index in [9.17, 15) is 0 Å². The van der Waals surface area contributed by atoms with Crippen molar-refractivity contribution in [2.24, 2.45) is 0 Å². The van der Waals surface area contributed by atoms with Crippen LogP contribution in [0.25, 0.3) is 0 Å². The first-order valence-corrected chi connectivity index (χ1v) is 3.87. The third-order valence-electron chi connectivity index (χ3n) is 1.21. The van der Waals surface area contributed by atoms with Gasteiger partial charge in [-0.25, -0.2) is 4.98 Å². The Hall–Kier alpha value is -0.760. The molecule has 60 valence electrons. The zero-order valence-corrected chi connectivity index (χ0v) is 7.35. The minimum absolute atomic E-state index is 0.480. The molecule has 0 fully saturated rings. The Morgan fingerprint density at radius 3 is 2.82 bits per heavy atom. The van der Waals surface area contributed by atoms with E-state index in [1.807, 2.05) is 19.9 Å². The van der Waals surface area contributed by atoms with Gasteiger partial charge in [0, 0.05) is 6.07 Å². The molecule has 0 spiro atoms. The van der Waals surface area contributed by atoms with E-state index in [-0.39, 0.29) is 0 Å². The lowest BCUT2D eigenvalue weighted by molar-refractivity contribution is 0.326. The zero-order valence-electron chi connectivity index (χ0n) is 6.60. The van der Waals surface area contributed by atoms with Crippen LogP contribution in [-0.4, -0.2) is 11.6 Å². The highest BCUT2D eigenvalue weighted by Crippen LogP contribution is 2.14. The van der Waals surface area contributed by atoms with Crippen molar-refractivity contribution in [1.29, 1.82) is 0 Å². The predicted octanol–water partition coefficient (Wildman–Crippen LogP) is 2.44. The van der Waals surface area contributed by atoms with Gasteiger partial charge < -0.3 is 4.74 Å². The third-order valence-corrected chi connectivity index (χ3v) is 1.40. The lowest BCUT2D eigenvalue weighted by atomic mass is 10.3. The molecular weight excluding hydrogens is 162 g/mol. The highest BCUT2D eigenvalue weighted by Gasteiger charge is 1.96. The number of halogens is 1. The molecule has 0 saturated carbocycles. The minimum atomic E-state index is 0.480. The fourth-order valence-corrected chi connectivity index (χ4v) is 1.07. The fourth-order valence-electron chi connectivity index (χ4n) is 0.816. The first kappa shape index (κ1) is 8.34. The van der Waals surface area contributed by atoms with Crippen molar-refractivity contribution in [2.45, 2.75) is 13.8 Å². The first-order chi connectivity index (χ1) is 5.22. The van der Waals surface area contributed by atoms with E-state index in [2.05, 4.69) is 4.98 Å². The van der Waals surface area contributed by atoms with Gasteiger partial charge in [0.15, 0.2) is 0 Å². The van der Waals surface area contributed by atoms with E-state index >= 15 is 0 Å². The fraction of sp³-hybridized carbons (Fsp3) is 0.375. The average Bonchev–Trinajstić information content (AvgIpc) is 1.85. The van der Waals surface area contributed by atoms with Gasteiger partial charge in [-0.15, -0.1) is 0 Å². The van der Waals surface area contributed by atoms with E-state index in [1.165, 1.54) is 0 Å². The Kier molecular flexibility index (Phi) is 2.71. The second kappa shape index (κ2) is 3.58. The largest absolute Gasteiger partial charge is 0.478 e. The molecular formula is C8H10ClNO. The molecule has 1 aromatic rings. The van der Waals surface area contributed by atoms with Gasteiger partial charge in [0.25, 0.3) is 0 Å². The molecule has 0 atom stereocenters. The monoisotopic (exact) mass is 171 g/mol. The van der Waals surface area contributed by atoms with Crippen LogP contribution >= 0.6 is 11.6 Å². The average molecular weight is 172 g/mol. The normalized spacial score (nSPS) is 9.73. The van der Waals surface area contributed by atoms with Gasteiger partial charge in [-0.1, -0.05) is 11.6 Å². The second-order valence-electron chi connectivity index (χ2n) is 2.24. The first-order valence-electron chi connectivity index (χ1n) is 3.49. The number of nitrogens with zero attached hydrogens (tertiary/aromatic N) is 1. The summed E-state index contributed by atoms with van der Waals surface area (Å²) in [5, 5.41) is 0.480. The Labute approximate surface area is 71.2 Å². The predicted molar refractivity (Wildman–Crippen MR) is 45.2 cm³/mol. The molecule has 1 rings (SSSR count). The molecule has 0 amide bonds. The van der Waals surface area contributed by atoms with Crippen LogP contribution in [0.2, 0.25) is 5.15 Å². The molecule has 0 unspecified atom stereocenters. The molecule has 11 heavy (non-hydrogen) atoms. The highest BCUT2D eigenvalue weighted by molar-refractivity contribution is 6.29. The molecule has 0 saturated heterocycles. The summed E-state index contributed by atoms with van der Waals surface area (Å²) < 4.78 is 5.17. The third kappa shape index (κ3) is 2.39. The summed E-state index contributed by atoms with van der Waals surface area (Å²) in [7, 11) is 0. The molecule has 0 aliphatic rings. The Morgan fingerprint density at radius 2 is 2.27 bits per heavy atom. The van der Waals surface area contributed by atoms with Crippen LogP contribution in [0.3, 0.4) is 0 Å². The standard InChI is InChI=1S/C8H10ClNO/c1-3-11-8-5-6(2)4-7(9)10-8/h4-5H,3H2,1-2H3. The van der Waals surface area contributed by atoms with E-state index < -0.39 is 0 Å². The van der Waals surface area contributed by atoms with Crippen LogP contribution in [0.5, 0.6) is 5.88 Å². The van der Waals surface area contributed by atoms with Crippen LogP contribution in [0, 0.1) is 6.92 Å². The maximum absolute atomic E-state index is 5.69. The van der Waals surface area contributed by atoms with Crippen LogP contribution < -0.4 is 4.74 Å². The molecule has 0 bridgehead atoms. The summed E-state index contributed by atoms with van der Waals surface area (Å²) in [6.07, 6.45) is 0. The lowest BCUT2D eigenvalue weighted by Crippen LogP contribution is -1.94. The zero-order chi connectivity index (χ0) is 8.27. The highest BCUT2D eigenvalue weighted by atomic mass is 35.5. The van der Waals surface area contributed by atoms with Crippen molar-refractivity contribution >= 4 is 11.6 Å². The van der Waals surface area contributed by atoms with Crippen molar-refractivity contribution in [3.05, 3.63) is 22.8 Å². The van der Waals surface area contributed by atoms with Crippen molar-refractivity contribution in [3.8, 4) is 5.88 Å². The van der Waals surface area contributed by atoms with E-state index in [1.54, 1.807) is 6.07 Å². The lowest BCUT2D eigenvalue weighted by Gasteiger charge is -2.02. The molecule has 3 heteroatoms. The van der Waals surface area contributed by atoms with Crippen molar-refractivity contribution in [1.82, 2.24) is 4.98 Å². The molecule has 2 nitrogen and oxygen atoms in total. The quantitative estimate of drug-likeness (QED) is 0.638. The van der Waals surface area contributed by atoms with Crippen molar-refractivity contribution < 1.29 is 4.74 Å². The van der Waals surface area contributed by atoms with Gasteiger partial charge in [-0.3, -0.25) is 0 Å².